The van der Waals surface area contributed by atoms with Crippen molar-refractivity contribution in [3.05, 3.63) is 163 Å². The molecule has 0 N–H and O–H groups in total. The number of aromatic nitrogens is 3. The molecule has 1 aliphatic heterocycles. The normalized spacial score (nSPS) is 11.7. The van der Waals surface area contributed by atoms with Crippen molar-refractivity contribution in [1.82, 2.24) is 14.5 Å². The van der Waals surface area contributed by atoms with E-state index in [1.807, 2.05) is 36.4 Å². The third-order valence-electron chi connectivity index (χ3n) is 8.99. The number of para-hydroxylation sites is 3. The van der Waals surface area contributed by atoms with Gasteiger partial charge in [-0.25, -0.2) is 9.97 Å². The van der Waals surface area contributed by atoms with Gasteiger partial charge in [-0.1, -0.05) is 133 Å². The number of hydrogen-bond acceptors (Lipinski definition) is 3. The molecular formula is C43H29N3O. The van der Waals surface area contributed by atoms with Crippen LogP contribution >= 0.6 is 0 Å². The standard InChI is InChI=1S/C43H29N3O/c1-28-15-8-9-20-31(28)32-23-14-24-35-40-33-21-10-12-25-37(33)47-38-26-13-11-22-34(38)42(40)46(41(32)35)39-27-36(29-16-4-2-5-17-29)44-43(45-39)30-18-6-3-7-19-30/h2-27H,1H3. The quantitative estimate of drug-likeness (QED) is 0.201. The highest BCUT2D eigenvalue weighted by molar-refractivity contribution is 6.12. The van der Waals surface area contributed by atoms with E-state index in [-0.39, 0.29) is 0 Å². The Labute approximate surface area is 273 Å². The first kappa shape index (κ1) is 27.1. The van der Waals surface area contributed by atoms with E-state index in [1.54, 1.807) is 0 Å². The highest BCUT2D eigenvalue weighted by Gasteiger charge is 2.30. The maximum atomic E-state index is 6.66. The second-order valence-electron chi connectivity index (χ2n) is 11.8. The van der Waals surface area contributed by atoms with Crippen LogP contribution in [0.4, 0.5) is 0 Å². The van der Waals surface area contributed by atoms with Crippen LogP contribution in [0.2, 0.25) is 0 Å². The van der Waals surface area contributed by atoms with E-state index in [2.05, 4.69) is 133 Å². The smallest absolute Gasteiger partial charge is 0.162 e. The minimum Gasteiger partial charge on any atom is -0.456 e. The zero-order chi connectivity index (χ0) is 31.3. The monoisotopic (exact) mass is 603 g/mol. The van der Waals surface area contributed by atoms with Crippen molar-refractivity contribution >= 4 is 10.9 Å². The number of aryl methyl sites for hydroxylation is 1. The fourth-order valence-corrected chi connectivity index (χ4v) is 6.84. The Morgan fingerprint density at radius 2 is 1.11 bits per heavy atom. The third-order valence-corrected chi connectivity index (χ3v) is 8.99. The molecule has 0 aliphatic carbocycles. The first-order valence-electron chi connectivity index (χ1n) is 15.8. The summed E-state index contributed by atoms with van der Waals surface area (Å²) in [5.41, 5.74) is 11.7. The van der Waals surface area contributed by atoms with Crippen LogP contribution in [-0.4, -0.2) is 14.5 Å². The van der Waals surface area contributed by atoms with E-state index in [0.29, 0.717) is 5.82 Å². The topological polar surface area (TPSA) is 39.9 Å². The molecule has 222 valence electrons. The zero-order valence-electron chi connectivity index (χ0n) is 25.8. The lowest BCUT2D eigenvalue weighted by Crippen LogP contribution is -2.05. The molecule has 1 aliphatic rings. The molecule has 4 heteroatoms. The minimum absolute atomic E-state index is 0.671. The molecule has 0 spiro atoms. The van der Waals surface area contributed by atoms with Gasteiger partial charge in [-0.3, -0.25) is 4.57 Å². The fraction of sp³-hybridized carbons (Fsp3) is 0.0233. The minimum atomic E-state index is 0.671. The molecular weight excluding hydrogens is 574 g/mol. The van der Waals surface area contributed by atoms with Gasteiger partial charge >= 0.3 is 0 Å². The SMILES string of the molecule is Cc1ccccc1-c1cccc2c3c(n(-c4cc(-c5ccccc5)nc(-c5ccccc5)n4)c12)-c1ccccc1Oc1ccccc1-3. The lowest BCUT2D eigenvalue weighted by Gasteiger charge is -2.17. The van der Waals surface area contributed by atoms with Gasteiger partial charge in [-0.05, 0) is 36.2 Å². The summed E-state index contributed by atoms with van der Waals surface area (Å²) >= 11 is 0. The van der Waals surface area contributed by atoms with Crippen LogP contribution in [0.3, 0.4) is 0 Å². The van der Waals surface area contributed by atoms with Crippen molar-refractivity contribution in [2.75, 3.05) is 0 Å². The van der Waals surface area contributed by atoms with Gasteiger partial charge in [-0.2, -0.15) is 0 Å². The summed E-state index contributed by atoms with van der Waals surface area (Å²) in [7, 11) is 0. The fourth-order valence-electron chi connectivity index (χ4n) is 6.84. The second kappa shape index (κ2) is 11.0. The van der Waals surface area contributed by atoms with Gasteiger partial charge in [0.05, 0.1) is 16.9 Å². The molecule has 0 bridgehead atoms. The first-order valence-corrected chi connectivity index (χ1v) is 15.8. The Morgan fingerprint density at radius 3 is 1.85 bits per heavy atom. The van der Waals surface area contributed by atoms with Crippen LogP contribution in [0.1, 0.15) is 5.56 Å². The molecule has 0 amide bonds. The molecule has 0 saturated carbocycles. The van der Waals surface area contributed by atoms with Crippen molar-refractivity contribution < 1.29 is 4.74 Å². The summed E-state index contributed by atoms with van der Waals surface area (Å²) in [5, 5.41) is 1.13. The summed E-state index contributed by atoms with van der Waals surface area (Å²) in [6.45, 7) is 2.18. The largest absolute Gasteiger partial charge is 0.456 e. The van der Waals surface area contributed by atoms with Crippen LogP contribution < -0.4 is 4.74 Å². The Balaban J connectivity index is 1.48. The highest BCUT2D eigenvalue weighted by Crippen LogP contribution is 2.53. The molecule has 4 nitrogen and oxygen atoms in total. The van der Waals surface area contributed by atoms with Crippen LogP contribution in [-0.2, 0) is 0 Å². The van der Waals surface area contributed by atoms with Gasteiger partial charge in [0, 0.05) is 44.8 Å². The van der Waals surface area contributed by atoms with Gasteiger partial charge in [0.2, 0.25) is 0 Å². The zero-order valence-corrected chi connectivity index (χ0v) is 25.8. The molecule has 0 fully saturated rings. The molecule has 3 heterocycles. The Hall–Kier alpha value is -6.26. The van der Waals surface area contributed by atoms with Crippen LogP contribution in [0.5, 0.6) is 11.5 Å². The van der Waals surface area contributed by atoms with E-state index in [0.717, 1.165) is 73.0 Å². The van der Waals surface area contributed by atoms with Crippen LogP contribution in [0.25, 0.3) is 72.9 Å². The molecule has 9 rings (SSSR count). The number of hydrogen-bond donors (Lipinski definition) is 0. The van der Waals surface area contributed by atoms with Gasteiger partial charge in [0.25, 0.3) is 0 Å². The van der Waals surface area contributed by atoms with Crippen molar-refractivity contribution in [1.29, 1.82) is 0 Å². The van der Waals surface area contributed by atoms with E-state index in [9.17, 15) is 0 Å². The van der Waals surface area contributed by atoms with Gasteiger partial charge < -0.3 is 4.74 Å². The lowest BCUT2D eigenvalue weighted by molar-refractivity contribution is 0.487. The number of fused-ring (bicyclic) bond motifs is 7. The molecule has 0 radical (unpaired) electrons. The summed E-state index contributed by atoms with van der Waals surface area (Å²) in [5.74, 6) is 3.10. The number of ether oxygens (including phenoxy) is 1. The molecule has 0 atom stereocenters. The molecule has 0 unspecified atom stereocenters. The Bertz CT molecular complexity index is 2390. The number of benzene rings is 6. The lowest BCUT2D eigenvalue weighted by atomic mass is 9.95. The summed E-state index contributed by atoms with van der Waals surface area (Å²) in [4.78, 5) is 10.5. The van der Waals surface area contributed by atoms with Crippen molar-refractivity contribution in [3.63, 3.8) is 0 Å². The highest BCUT2D eigenvalue weighted by atomic mass is 16.5. The van der Waals surface area contributed by atoms with Gasteiger partial charge in [-0.15, -0.1) is 0 Å². The third kappa shape index (κ3) is 4.45. The molecule has 47 heavy (non-hydrogen) atoms. The Morgan fingerprint density at radius 1 is 0.511 bits per heavy atom. The van der Waals surface area contributed by atoms with Gasteiger partial charge in [0.15, 0.2) is 5.82 Å². The van der Waals surface area contributed by atoms with Crippen molar-refractivity contribution in [3.8, 4) is 73.5 Å². The predicted octanol–water partition coefficient (Wildman–Crippen LogP) is 11.2. The number of nitrogens with zero attached hydrogens (tertiary/aromatic N) is 3. The summed E-state index contributed by atoms with van der Waals surface area (Å²) in [6.07, 6.45) is 0. The van der Waals surface area contributed by atoms with E-state index in [1.165, 1.54) is 11.1 Å². The maximum absolute atomic E-state index is 6.66. The van der Waals surface area contributed by atoms with Crippen LogP contribution in [0.15, 0.2) is 158 Å². The molecule has 2 aromatic heterocycles. The second-order valence-corrected chi connectivity index (χ2v) is 11.8. The van der Waals surface area contributed by atoms with Crippen molar-refractivity contribution in [2.24, 2.45) is 0 Å². The van der Waals surface area contributed by atoms with Gasteiger partial charge in [0.1, 0.15) is 17.3 Å². The van der Waals surface area contributed by atoms with E-state index < -0.39 is 0 Å². The average Bonchev–Trinajstić information content (AvgIpc) is 3.40. The maximum Gasteiger partial charge on any atom is 0.162 e. The van der Waals surface area contributed by atoms with Crippen LogP contribution in [0, 0.1) is 6.92 Å². The van der Waals surface area contributed by atoms with Crippen molar-refractivity contribution in [2.45, 2.75) is 6.92 Å². The Kier molecular flexibility index (Phi) is 6.32. The molecule has 0 saturated heterocycles. The summed E-state index contributed by atoms with van der Waals surface area (Å²) in [6, 6.07) is 54.6. The van der Waals surface area contributed by atoms with E-state index in [4.69, 9.17) is 14.7 Å². The predicted molar refractivity (Wildman–Crippen MR) is 191 cm³/mol. The first-order chi connectivity index (χ1) is 23.2. The number of rotatable bonds is 4. The summed E-state index contributed by atoms with van der Waals surface area (Å²) < 4.78 is 9.00. The average molecular weight is 604 g/mol. The molecule has 6 aromatic carbocycles. The van der Waals surface area contributed by atoms with E-state index >= 15 is 0 Å². The molecule has 8 aromatic rings.